The molecule has 1 aliphatic rings. The van der Waals surface area contributed by atoms with Crippen LogP contribution in [0.1, 0.15) is 0 Å². The van der Waals surface area contributed by atoms with Crippen molar-refractivity contribution >= 4 is 5.82 Å². The first-order chi connectivity index (χ1) is 8.04. The van der Waals surface area contributed by atoms with Crippen molar-refractivity contribution in [1.29, 1.82) is 0 Å². The van der Waals surface area contributed by atoms with Gasteiger partial charge in [-0.2, -0.15) is 14.8 Å². The molecule has 0 radical (unpaired) electrons. The smallest absolute Gasteiger partial charge is 0.370 e. The van der Waals surface area contributed by atoms with Gasteiger partial charge in [0.1, 0.15) is 18.0 Å². The highest BCUT2D eigenvalue weighted by Gasteiger charge is 2.42. The highest BCUT2D eigenvalue weighted by molar-refractivity contribution is 5.23. The molecule has 0 aliphatic carbocycles. The second kappa shape index (κ2) is 4.30. The van der Waals surface area contributed by atoms with Crippen LogP contribution in [0.4, 0.5) is 5.82 Å². The number of rotatable bonds is 2. The summed E-state index contributed by atoms with van der Waals surface area (Å²) in [7, 11) is 0. The molecule has 1 unspecified atom stereocenters. The quantitative estimate of drug-likeness (QED) is 0.426. The van der Waals surface area contributed by atoms with E-state index in [9.17, 15) is 15.0 Å². The zero-order chi connectivity index (χ0) is 12.6. The molecule has 0 aromatic carbocycles. The SMILES string of the molecule is Nc1ccn(N2O[C@H](CO)C(O)[C@H]2O)c(=O)n1. The van der Waals surface area contributed by atoms with Gasteiger partial charge in [0, 0.05) is 6.20 Å². The van der Waals surface area contributed by atoms with E-state index in [-0.39, 0.29) is 5.82 Å². The standard InChI is InChI=1S/C8H12N4O5/c9-5-1-2-11(8(16)10-5)12-7(15)6(14)4(3-13)17-12/h1-2,4,6-7,13-15H,3H2,(H2,9,10,16)/t4-,6?,7-/m1/s1. The Balaban J connectivity index is 2.32. The van der Waals surface area contributed by atoms with Crippen molar-refractivity contribution in [1.82, 2.24) is 9.66 Å². The number of nitrogens with two attached hydrogens (primary N) is 1. The number of hydroxylamine groups is 1. The molecule has 1 aromatic rings. The molecule has 0 bridgehead atoms. The van der Waals surface area contributed by atoms with Crippen molar-refractivity contribution in [2.45, 2.75) is 18.4 Å². The summed E-state index contributed by atoms with van der Waals surface area (Å²) in [5, 5.41) is 28.7. The van der Waals surface area contributed by atoms with Crippen LogP contribution in [-0.2, 0) is 4.84 Å². The lowest BCUT2D eigenvalue weighted by atomic mass is 10.2. The number of anilines is 1. The topological polar surface area (TPSA) is 134 Å². The summed E-state index contributed by atoms with van der Waals surface area (Å²) in [6.07, 6.45) is -2.57. The fraction of sp³-hybridized carbons (Fsp3) is 0.500. The zero-order valence-corrected chi connectivity index (χ0v) is 8.67. The van der Waals surface area contributed by atoms with Crippen LogP contribution < -0.4 is 16.6 Å². The van der Waals surface area contributed by atoms with Gasteiger partial charge in [-0.1, -0.05) is 0 Å². The van der Waals surface area contributed by atoms with E-state index < -0.39 is 30.7 Å². The van der Waals surface area contributed by atoms with Gasteiger partial charge in [-0.3, -0.25) is 0 Å². The third-order valence-electron chi connectivity index (χ3n) is 2.36. The first kappa shape index (κ1) is 11.8. The monoisotopic (exact) mass is 244 g/mol. The lowest BCUT2D eigenvalue weighted by Crippen LogP contribution is -2.47. The lowest BCUT2D eigenvalue weighted by Gasteiger charge is -2.21. The number of nitrogens with zero attached hydrogens (tertiary/aromatic N) is 3. The predicted molar refractivity (Wildman–Crippen MR) is 55.1 cm³/mol. The summed E-state index contributed by atoms with van der Waals surface area (Å²) >= 11 is 0. The number of aliphatic hydroxyl groups is 3. The van der Waals surface area contributed by atoms with Crippen molar-refractivity contribution in [2.75, 3.05) is 17.5 Å². The molecule has 1 aliphatic heterocycles. The van der Waals surface area contributed by atoms with Gasteiger partial charge in [-0.25, -0.2) is 9.63 Å². The van der Waals surface area contributed by atoms with Crippen molar-refractivity contribution in [2.24, 2.45) is 0 Å². The van der Waals surface area contributed by atoms with E-state index in [4.69, 9.17) is 15.7 Å². The second-order valence-electron chi connectivity index (χ2n) is 3.51. The minimum absolute atomic E-state index is 0.0270. The summed E-state index contributed by atoms with van der Waals surface area (Å²) in [6, 6.07) is 1.33. The fourth-order valence-electron chi connectivity index (χ4n) is 1.47. The van der Waals surface area contributed by atoms with Gasteiger partial charge in [0.25, 0.3) is 0 Å². The summed E-state index contributed by atoms with van der Waals surface area (Å²) in [4.78, 5) is 19.9. The van der Waals surface area contributed by atoms with E-state index in [1.54, 1.807) is 0 Å². The number of hydrogen-bond donors (Lipinski definition) is 4. The van der Waals surface area contributed by atoms with Crippen LogP contribution in [0.15, 0.2) is 17.1 Å². The number of nitrogen functional groups attached to an aromatic ring is 1. The Bertz CT molecular complexity index is 463. The van der Waals surface area contributed by atoms with E-state index in [2.05, 4.69) is 4.98 Å². The molecule has 0 spiro atoms. The molecular weight excluding hydrogens is 232 g/mol. The van der Waals surface area contributed by atoms with Crippen LogP contribution in [0.5, 0.6) is 0 Å². The maximum atomic E-state index is 11.5. The minimum Gasteiger partial charge on any atom is -0.393 e. The molecule has 0 saturated carbocycles. The van der Waals surface area contributed by atoms with E-state index in [0.29, 0.717) is 0 Å². The van der Waals surface area contributed by atoms with Crippen molar-refractivity contribution in [3.8, 4) is 0 Å². The van der Waals surface area contributed by atoms with Gasteiger partial charge in [0.05, 0.1) is 6.61 Å². The summed E-state index contributed by atoms with van der Waals surface area (Å²) in [5.41, 5.74) is 4.54. The van der Waals surface area contributed by atoms with Gasteiger partial charge in [-0.15, -0.1) is 0 Å². The Morgan fingerprint density at radius 3 is 2.76 bits per heavy atom. The van der Waals surface area contributed by atoms with Crippen molar-refractivity contribution < 1.29 is 20.2 Å². The van der Waals surface area contributed by atoms with Crippen LogP contribution in [0.25, 0.3) is 0 Å². The van der Waals surface area contributed by atoms with Crippen LogP contribution in [0.3, 0.4) is 0 Å². The molecule has 2 rings (SSSR count). The average molecular weight is 244 g/mol. The first-order valence-electron chi connectivity index (χ1n) is 4.83. The Labute approximate surface area is 95.2 Å². The lowest BCUT2D eigenvalue weighted by molar-refractivity contribution is -0.0235. The highest BCUT2D eigenvalue weighted by atomic mass is 16.8. The zero-order valence-electron chi connectivity index (χ0n) is 8.67. The van der Waals surface area contributed by atoms with Gasteiger partial charge in [0.15, 0.2) is 6.23 Å². The molecule has 94 valence electrons. The molecule has 1 saturated heterocycles. The van der Waals surface area contributed by atoms with E-state index in [0.717, 1.165) is 9.85 Å². The number of aliphatic hydroxyl groups excluding tert-OH is 3. The van der Waals surface area contributed by atoms with Gasteiger partial charge >= 0.3 is 5.69 Å². The molecule has 2 heterocycles. The van der Waals surface area contributed by atoms with Crippen molar-refractivity contribution in [3.05, 3.63) is 22.7 Å². The predicted octanol–water partition coefficient (Wildman–Crippen LogP) is -3.25. The first-order valence-corrected chi connectivity index (χ1v) is 4.83. The van der Waals surface area contributed by atoms with Crippen LogP contribution >= 0.6 is 0 Å². The number of hydrogen-bond acceptors (Lipinski definition) is 8. The maximum absolute atomic E-state index is 11.5. The van der Waals surface area contributed by atoms with Crippen LogP contribution in [0.2, 0.25) is 0 Å². The Morgan fingerprint density at radius 1 is 1.53 bits per heavy atom. The summed E-state index contributed by atoms with van der Waals surface area (Å²) in [6.45, 7) is -0.494. The fourth-order valence-corrected chi connectivity index (χ4v) is 1.47. The van der Waals surface area contributed by atoms with E-state index >= 15 is 0 Å². The molecule has 3 atom stereocenters. The number of aromatic nitrogens is 2. The van der Waals surface area contributed by atoms with Gasteiger partial charge in [-0.05, 0) is 6.07 Å². The Morgan fingerprint density at radius 2 is 2.24 bits per heavy atom. The third kappa shape index (κ3) is 1.96. The molecule has 0 amide bonds. The van der Waals surface area contributed by atoms with Crippen LogP contribution in [-0.4, -0.2) is 50.0 Å². The Kier molecular flexibility index (Phi) is 2.98. The molecule has 5 N–H and O–H groups in total. The molecule has 1 fully saturated rings. The molecule has 9 nitrogen and oxygen atoms in total. The summed E-state index contributed by atoms with van der Waals surface area (Å²) in [5.74, 6) is 0.0270. The van der Waals surface area contributed by atoms with E-state index in [1.807, 2.05) is 0 Å². The molecule has 9 heteroatoms. The largest absolute Gasteiger partial charge is 0.393 e. The molecule has 17 heavy (non-hydrogen) atoms. The molecule has 1 aromatic heterocycles. The van der Waals surface area contributed by atoms with Crippen molar-refractivity contribution in [3.63, 3.8) is 0 Å². The maximum Gasteiger partial charge on any atom is 0.370 e. The third-order valence-corrected chi connectivity index (χ3v) is 2.36. The molecular formula is C8H12N4O5. The minimum atomic E-state index is -1.48. The van der Waals surface area contributed by atoms with E-state index in [1.165, 1.54) is 12.3 Å². The van der Waals surface area contributed by atoms with Gasteiger partial charge < -0.3 is 21.1 Å². The Hall–Kier alpha value is -1.68. The average Bonchev–Trinajstić information content (AvgIpc) is 2.57. The highest BCUT2D eigenvalue weighted by Crippen LogP contribution is 2.17. The van der Waals surface area contributed by atoms with Gasteiger partial charge in [0.2, 0.25) is 0 Å². The normalized spacial score (nSPS) is 28.6. The second-order valence-corrected chi connectivity index (χ2v) is 3.51. The van der Waals surface area contributed by atoms with Crippen LogP contribution in [0, 0.1) is 0 Å². The summed E-state index contributed by atoms with van der Waals surface area (Å²) < 4.78 is 0.847.